The van der Waals surface area contributed by atoms with Crippen molar-refractivity contribution >= 4 is 11.6 Å². The molecule has 4 N–H and O–H groups in total. The number of anilines is 2. The van der Waals surface area contributed by atoms with Crippen molar-refractivity contribution in [3.05, 3.63) is 11.9 Å². The average molecular weight is 280 g/mol. The zero-order valence-electron chi connectivity index (χ0n) is 13.1. The van der Waals surface area contributed by atoms with E-state index in [0.717, 1.165) is 44.1 Å². The number of nitrogens with two attached hydrogens (primary N) is 1. The summed E-state index contributed by atoms with van der Waals surface area (Å²) in [6, 6.07) is 2.17. The number of aryl methyl sites for hydroxylation is 1. The van der Waals surface area contributed by atoms with Crippen LogP contribution in [-0.2, 0) is 6.42 Å². The third-order valence-electron chi connectivity index (χ3n) is 3.21. The molecule has 1 unspecified atom stereocenters. The number of nitrogens with one attached hydrogen (secondary N) is 2. The Labute approximate surface area is 122 Å². The Hall–Kier alpha value is -1.40. The third kappa shape index (κ3) is 5.30. The first-order valence-corrected chi connectivity index (χ1v) is 7.46. The summed E-state index contributed by atoms with van der Waals surface area (Å²) in [4.78, 5) is 11.3. The zero-order valence-corrected chi connectivity index (χ0v) is 13.1. The maximum atomic E-state index is 5.46. The fraction of sp³-hybridized carbons (Fsp3) is 0.714. The summed E-state index contributed by atoms with van der Waals surface area (Å²) in [5.41, 5.74) is 2.60. The Morgan fingerprint density at radius 2 is 1.85 bits per heavy atom. The van der Waals surface area contributed by atoms with Gasteiger partial charge in [-0.2, -0.15) is 0 Å². The van der Waals surface area contributed by atoms with E-state index in [2.05, 4.69) is 53.3 Å². The van der Waals surface area contributed by atoms with E-state index in [9.17, 15) is 0 Å². The standard InChI is InChI=1S/C14H28N6/c1-5-8-12-17-13(9-14(18-12)19-15)16-11(4)10-20(6-2)7-3/h9,11H,5-8,10,15H2,1-4H3,(H2,16,17,18,19). The van der Waals surface area contributed by atoms with Crippen molar-refractivity contribution in [1.82, 2.24) is 14.9 Å². The first-order valence-electron chi connectivity index (χ1n) is 7.46. The fourth-order valence-electron chi connectivity index (χ4n) is 2.15. The van der Waals surface area contributed by atoms with E-state index in [1.165, 1.54) is 0 Å². The smallest absolute Gasteiger partial charge is 0.145 e. The van der Waals surface area contributed by atoms with Crippen molar-refractivity contribution in [2.75, 3.05) is 30.4 Å². The molecule has 0 fully saturated rings. The summed E-state index contributed by atoms with van der Waals surface area (Å²) in [5.74, 6) is 7.77. The number of hydrazine groups is 1. The van der Waals surface area contributed by atoms with Crippen molar-refractivity contribution < 1.29 is 0 Å². The van der Waals surface area contributed by atoms with Crippen molar-refractivity contribution in [2.45, 2.75) is 46.6 Å². The highest BCUT2D eigenvalue weighted by Gasteiger charge is 2.09. The normalized spacial score (nSPS) is 12.5. The average Bonchev–Trinajstić information content (AvgIpc) is 2.44. The van der Waals surface area contributed by atoms with E-state index < -0.39 is 0 Å². The molecule has 0 saturated heterocycles. The summed E-state index contributed by atoms with van der Waals surface area (Å²) < 4.78 is 0. The van der Waals surface area contributed by atoms with Gasteiger partial charge in [0.05, 0.1) is 0 Å². The fourth-order valence-corrected chi connectivity index (χ4v) is 2.15. The third-order valence-corrected chi connectivity index (χ3v) is 3.21. The van der Waals surface area contributed by atoms with Crippen molar-refractivity contribution in [2.24, 2.45) is 5.84 Å². The van der Waals surface area contributed by atoms with Gasteiger partial charge in [-0.1, -0.05) is 20.8 Å². The van der Waals surface area contributed by atoms with Crippen LogP contribution in [0.15, 0.2) is 6.07 Å². The highest BCUT2D eigenvalue weighted by Crippen LogP contribution is 2.13. The van der Waals surface area contributed by atoms with E-state index in [0.29, 0.717) is 11.9 Å². The molecule has 0 aromatic carbocycles. The Balaban J connectivity index is 2.72. The van der Waals surface area contributed by atoms with Gasteiger partial charge in [0.2, 0.25) is 0 Å². The van der Waals surface area contributed by atoms with Crippen LogP contribution in [0.25, 0.3) is 0 Å². The second-order valence-electron chi connectivity index (χ2n) is 4.98. The van der Waals surface area contributed by atoms with Crippen LogP contribution in [-0.4, -0.2) is 40.5 Å². The summed E-state index contributed by atoms with van der Waals surface area (Å²) in [6.45, 7) is 11.7. The second-order valence-corrected chi connectivity index (χ2v) is 4.98. The molecule has 0 spiro atoms. The van der Waals surface area contributed by atoms with Gasteiger partial charge in [-0.05, 0) is 26.4 Å². The van der Waals surface area contributed by atoms with Crippen molar-refractivity contribution in [3.8, 4) is 0 Å². The topological polar surface area (TPSA) is 79.1 Å². The number of hydrogen-bond acceptors (Lipinski definition) is 6. The number of nitrogens with zero attached hydrogens (tertiary/aromatic N) is 3. The quantitative estimate of drug-likeness (QED) is 0.473. The summed E-state index contributed by atoms with van der Waals surface area (Å²) >= 11 is 0. The minimum Gasteiger partial charge on any atom is -0.366 e. The number of rotatable bonds is 9. The van der Waals surface area contributed by atoms with Gasteiger partial charge in [0.15, 0.2) is 0 Å². The van der Waals surface area contributed by atoms with E-state index in [-0.39, 0.29) is 0 Å². The van der Waals surface area contributed by atoms with E-state index in [1.54, 1.807) is 0 Å². The van der Waals surface area contributed by atoms with Crippen LogP contribution in [0, 0.1) is 0 Å². The molecule has 6 nitrogen and oxygen atoms in total. The van der Waals surface area contributed by atoms with E-state index in [4.69, 9.17) is 5.84 Å². The van der Waals surface area contributed by atoms with Gasteiger partial charge in [-0.15, -0.1) is 0 Å². The number of hydrogen-bond donors (Lipinski definition) is 3. The molecule has 1 aromatic heterocycles. The van der Waals surface area contributed by atoms with Crippen LogP contribution in [0.4, 0.5) is 11.6 Å². The Bertz CT molecular complexity index is 391. The first kappa shape index (κ1) is 16.7. The Kier molecular flexibility index (Phi) is 7.25. The highest BCUT2D eigenvalue weighted by atomic mass is 15.3. The van der Waals surface area contributed by atoms with Gasteiger partial charge in [0, 0.05) is 25.1 Å². The maximum Gasteiger partial charge on any atom is 0.145 e. The first-order chi connectivity index (χ1) is 9.62. The monoisotopic (exact) mass is 280 g/mol. The predicted octanol–water partition coefficient (Wildman–Crippen LogP) is 1.86. The van der Waals surface area contributed by atoms with Crippen LogP contribution in [0.2, 0.25) is 0 Å². The molecule has 1 rings (SSSR count). The molecular formula is C14H28N6. The Morgan fingerprint density at radius 3 is 2.40 bits per heavy atom. The molecule has 1 aromatic rings. The number of nitrogen functional groups attached to an aromatic ring is 1. The van der Waals surface area contributed by atoms with Crippen molar-refractivity contribution in [1.29, 1.82) is 0 Å². The molecule has 0 aliphatic heterocycles. The van der Waals surface area contributed by atoms with Gasteiger partial charge in [-0.3, -0.25) is 0 Å². The van der Waals surface area contributed by atoms with Crippen LogP contribution < -0.4 is 16.6 Å². The van der Waals surface area contributed by atoms with E-state index >= 15 is 0 Å². The molecule has 1 atom stereocenters. The van der Waals surface area contributed by atoms with Crippen LogP contribution in [0.5, 0.6) is 0 Å². The van der Waals surface area contributed by atoms with Gasteiger partial charge in [0.25, 0.3) is 0 Å². The lowest BCUT2D eigenvalue weighted by Gasteiger charge is -2.24. The highest BCUT2D eigenvalue weighted by molar-refractivity contribution is 5.47. The molecule has 0 amide bonds. The number of aromatic nitrogens is 2. The van der Waals surface area contributed by atoms with Crippen LogP contribution in [0.1, 0.15) is 39.9 Å². The maximum absolute atomic E-state index is 5.46. The molecule has 0 aliphatic rings. The van der Waals surface area contributed by atoms with Gasteiger partial charge >= 0.3 is 0 Å². The molecule has 0 radical (unpaired) electrons. The lowest BCUT2D eigenvalue weighted by atomic mass is 10.3. The van der Waals surface area contributed by atoms with Gasteiger partial charge < -0.3 is 15.6 Å². The minimum atomic E-state index is 0.324. The summed E-state index contributed by atoms with van der Waals surface area (Å²) in [6.07, 6.45) is 1.87. The number of likely N-dealkylation sites (N-methyl/N-ethyl adjacent to an activating group) is 1. The summed E-state index contributed by atoms with van der Waals surface area (Å²) in [7, 11) is 0. The zero-order chi connectivity index (χ0) is 15.0. The molecule has 0 bridgehead atoms. The lowest BCUT2D eigenvalue weighted by molar-refractivity contribution is 0.294. The molecular weight excluding hydrogens is 252 g/mol. The summed E-state index contributed by atoms with van der Waals surface area (Å²) in [5, 5.41) is 3.43. The molecule has 0 aliphatic carbocycles. The largest absolute Gasteiger partial charge is 0.366 e. The molecule has 6 heteroatoms. The van der Waals surface area contributed by atoms with Crippen LogP contribution in [0.3, 0.4) is 0 Å². The molecule has 0 saturated carbocycles. The minimum absolute atomic E-state index is 0.324. The Morgan fingerprint density at radius 1 is 1.20 bits per heavy atom. The molecule has 1 heterocycles. The van der Waals surface area contributed by atoms with Crippen LogP contribution >= 0.6 is 0 Å². The van der Waals surface area contributed by atoms with Crippen molar-refractivity contribution in [3.63, 3.8) is 0 Å². The van der Waals surface area contributed by atoms with Gasteiger partial charge in [0.1, 0.15) is 17.5 Å². The molecule has 20 heavy (non-hydrogen) atoms. The second kappa shape index (κ2) is 8.71. The van der Waals surface area contributed by atoms with E-state index in [1.807, 2.05) is 6.07 Å². The molecule has 114 valence electrons. The SMILES string of the molecule is CCCc1nc(NN)cc(NC(C)CN(CC)CC)n1. The lowest BCUT2D eigenvalue weighted by Crippen LogP contribution is -2.35. The van der Waals surface area contributed by atoms with Gasteiger partial charge in [-0.25, -0.2) is 15.8 Å². The predicted molar refractivity (Wildman–Crippen MR) is 84.7 cm³/mol.